The molecule has 3 rings (SSSR count). The van der Waals surface area contributed by atoms with E-state index in [0.29, 0.717) is 30.4 Å². The van der Waals surface area contributed by atoms with Gasteiger partial charge < -0.3 is 5.32 Å². The van der Waals surface area contributed by atoms with Crippen LogP contribution in [0.15, 0.2) is 42.6 Å². The molecule has 6 nitrogen and oxygen atoms in total. The van der Waals surface area contributed by atoms with Crippen LogP contribution in [-0.2, 0) is 0 Å². The van der Waals surface area contributed by atoms with Crippen molar-refractivity contribution in [3.8, 4) is 10.6 Å². The molecule has 1 aliphatic rings. The van der Waals surface area contributed by atoms with Crippen LogP contribution < -0.4 is 5.32 Å². The van der Waals surface area contributed by atoms with Gasteiger partial charge in [-0.2, -0.15) is 0 Å². The lowest BCUT2D eigenvalue weighted by Crippen LogP contribution is -2.49. The van der Waals surface area contributed by atoms with Crippen LogP contribution in [0.5, 0.6) is 0 Å². The second-order valence-corrected chi connectivity index (χ2v) is 6.40. The van der Waals surface area contributed by atoms with Gasteiger partial charge in [0, 0.05) is 43.0 Å². The number of hydrazine groups is 1. The number of nitrogens with one attached hydrogen (secondary N) is 1. The Morgan fingerprint density at radius 2 is 2.29 bits per heavy atom. The van der Waals surface area contributed by atoms with Gasteiger partial charge in [0.2, 0.25) is 0 Å². The first-order valence-electron chi connectivity index (χ1n) is 7.54. The van der Waals surface area contributed by atoms with E-state index >= 15 is 0 Å². The van der Waals surface area contributed by atoms with Gasteiger partial charge in [-0.25, -0.2) is 9.99 Å². The summed E-state index contributed by atoms with van der Waals surface area (Å²) in [4.78, 5) is 21.3. The number of amides is 1. The predicted molar refractivity (Wildman–Crippen MR) is 98.5 cm³/mol. The minimum Gasteiger partial charge on any atom is -0.358 e. The number of thiazole rings is 1. The summed E-state index contributed by atoms with van der Waals surface area (Å²) in [5.74, 6) is -0.137. The molecule has 0 aliphatic carbocycles. The van der Waals surface area contributed by atoms with E-state index in [1.807, 2.05) is 12.1 Å². The van der Waals surface area contributed by atoms with Gasteiger partial charge >= 0.3 is 0 Å². The Bertz CT molecular complexity index is 746. The first-order chi connectivity index (χ1) is 11.7. The van der Waals surface area contributed by atoms with Crippen molar-refractivity contribution in [1.82, 2.24) is 25.3 Å². The summed E-state index contributed by atoms with van der Waals surface area (Å²) in [6.07, 6.45) is 6.06. The van der Waals surface area contributed by atoms with Crippen molar-refractivity contribution in [1.29, 1.82) is 0 Å². The summed E-state index contributed by atoms with van der Waals surface area (Å²) in [6, 6.07) is 3.78. The maximum absolute atomic E-state index is 12.8. The van der Waals surface area contributed by atoms with Crippen molar-refractivity contribution < 1.29 is 4.79 Å². The molecule has 2 aromatic rings. The maximum Gasteiger partial charge on any atom is 0.291 e. The highest BCUT2D eigenvalue weighted by molar-refractivity contribution is 7.80. The van der Waals surface area contributed by atoms with Gasteiger partial charge in [-0.15, -0.1) is 17.9 Å². The molecule has 1 aliphatic heterocycles. The average Bonchev–Trinajstić information content (AvgIpc) is 3.29. The summed E-state index contributed by atoms with van der Waals surface area (Å²) in [5, 5.41) is 9.60. The molecule has 0 aromatic carbocycles. The van der Waals surface area contributed by atoms with Crippen LogP contribution in [0.3, 0.4) is 0 Å². The number of aromatic nitrogens is 2. The van der Waals surface area contributed by atoms with Crippen molar-refractivity contribution in [2.75, 3.05) is 19.6 Å². The third-order valence-electron chi connectivity index (χ3n) is 3.53. The molecule has 0 spiro atoms. The number of rotatable bonds is 4. The summed E-state index contributed by atoms with van der Waals surface area (Å²) >= 11 is 6.79. The number of carbonyl (C=O) groups excluding carboxylic acids is 1. The predicted octanol–water partition coefficient (Wildman–Crippen LogP) is 2.33. The highest BCUT2D eigenvalue weighted by atomic mass is 32.1. The zero-order chi connectivity index (χ0) is 16.9. The minimum atomic E-state index is -0.137. The smallest absolute Gasteiger partial charge is 0.291 e. The summed E-state index contributed by atoms with van der Waals surface area (Å²) in [7, 11) is 0. The van der Waals surface area contributed by atoms with Crippen molar-refractivity contribution in [3.05, 3.63) is 48.3 Å². The number of nitrogens with zero attached hydrogens (tertiary/aromatic N) is 4. The Labute approximate surface area is 149 Å². The Morgan fingerprint density at radius 1 is 1.46 bits per heavy atom. The SMILES string of the molecule is C=CCNC(=S)N1CCCN1C(=O)c1csc(-c2cccnc2)n1. The molecule has 24 heavy (non-hydrogen) atoms. The molecular weight excluding hydrogens is 342 g/mol. The molecule has 124 valence electrons. The zero-order valence-electron chi connectivity index (χ0n) is 13.0. The van der Waals surface area contributed by atoms with E-state index in [4.69, 9.17) is 12.2 Å². The van der Waals surface area contributed by atoms with Crippen LogP contribution >= 0.6 is 23.6 Å². The summed E-state index contributed by atoms with van der Waals surface area (Å²) in [6.45, 7) is 5.58. The van der Waals surface area contributed by atoms with Crippen LogP contribution in [0.1, 0.15) is 16.9 Å². The first-order valence-corrected chi connectivity index (χ1v) is 8.83. The summed E-state index contributed by atoms with van der Waals surface area (Å²) < 4.78 is 0. The Balaban J connectivity index is 1.75. The lowest BCUT2D eigenvalue weighted by atomic mass is 10.3. The van der Waals surface area contributed by atoms with Crippen molar-refractivity contribution in [3.63, 3.8) is 0 Å². The Kier molecular flexibility index (Phi) is 5.17. The van der Waals surface area contributed by atoms with Gasteiger partial charge in [0.1, 0.15) is 10.7 Å². The average molecular weight is 359 g/mol. The lowest BCUT2D eigenvalue weighted by molar-refractivity contribution is 0.0487. The minimum absolute atomic E-state index is 0.137. The van der Waals surface area contributed by atoms with Gasteiger partial charge in [-0.3, -0.25) is 14.8 Å². The molecule has 0 bridgehead atoms. The third-order valence-corrected chi connectivity index (χ3v) is 4.78. The van der Waals surface area contributed by atoms with Crippen LogP contribution in [0.2, 0.25) is 0 Å². The quantitative estimate of drug-likeness (QED) is 0.668. The number of hydrogen-bond donors (Lipinski definition) is 1. The number of carbonyl (C=O) groups is 1. The molecule has 8 heteroatoms. The zero-order valence-corrected chi connectivity index (χ0v) is 14.6. The molecule has 1 fully saturated rings. The Morgan fingerprint density at radius 3 is 3.04 bits per heavy atom. The van der Waals surface area contributed by atoms with Crippen LogP contribution in [0, 0.1) is 0 Å². The van der Waals surface area contributed by atoms with E-state index in [-0.39, 0.29) is 5.91 Å². The lowest BCUT2D eigenvalue weighted by Gasteiger charge is -2.29. The number of hydrogen-bond acceptors (Lipinski definition) is 5. The number of pyridine rings is 1. The second-order valence-electron chi connectivity index (χ2n) is 5.16. The fraction of sp³-hybridized carbons (Fsp3) is 0.250. The first kappa shape index (κ1) is 16.5. The standard InChI is InChI=1S/C16H17N5OS2/c1-2-6-18-16(23)21-9-4-8-20(21)15(22)13-11-24-14(19-13)12-5-3-7-17-10-12/h2-3,5,7,10-11H,1,4,6,8-9H2,(H,18,23). The molecule has 0 atom stereocenters. The molecule has 1 amide bonds. The van der Waals surface area contributed by atoms with Gasteiger partial charge in [-0.1, -0.05) is 6.08 Å². The number of thiocarbonyl (C=S) groups is 1. The van der Waals surface area contributed by atoms with Gasteiger partial charge in [0.25, 0.3) is 5.91 Å². The Hall–Kier alpha value is -2.32. The monoisotopic (exact) mass is 359 g/mol. The van der Waals surface area contributed by atoms with Crippen LogP contribution in [0.25, 0.3) is 10.6 Å². The summed E-state index contributed by atoms with van der Waals surface area (Å²) in [5.41, 5.74) is 1.33. The highest BCUT2D eigenvalue weighted by Gasteiger charge is 2.30. The molecule has 3 heterocycles. The molecule has 1 N–H and O–H groups in total. The van der Waals surface area contributed by atoms with E-state index in [0.717, 1.165) is 17.0 Å². The van der Waals surface area contributed by atoms with Crippen molar-refractivity contribution >= 4 is 34.6 Å². The van der Waals surface area contributed by atoms with Gasteiger partial charge in [-0.05, 0) is 30.8 Å². The molecular formula is C16H17N5OS2. The van der Waals surface area contributed by atoms with Crippen molar-refractivity contribution in [2.24, 2.45) is 0 Å². The fourth-order valence-corrected chi connectivity index (χ4v) is 3.47. The topological polar surface area (TPSA) is 61.4 Å². The van der Waals surface area contributed by atoms with Crippen LogP contribution in [0.4, 0.5) is 0 Å². The van der Waals surface area contributed by atoms with E-state index < -0.39 is 0 Å². The fourth-order valence-electron chi connectivity index (χ4n) is 2.41. The van der Waals surface area contributed by atoms with E-state index in [9.17, 15) is 4.79 Å². The second kappa shape index (κ2) is 7.50. The van der Waals surface area contributed by atoms with E-state index in [1.54, 1.807) is 33.9 Å². The molecule has 2 aromatic heterocycles. The van der Waals surface area contributed by atoms with Gasteiger partial charge in [0.05, 0.1) is 0 Å². The third kappa shape index (κ3) is 3.44. The van der Waals surface area contributed by atoms with E-state index in [1.165, 1.54) is 11.3 Å². The van der Waals surface area contributed by atoms with Crippen molar-refractivity contribution in [2.45, 2.75) is 6.42 Å². The normalized spacial score (nSPS) is 13.8. The molecule has 0 saturated carbocycles. The maximum atomic E-state index is 12.8. The molecule has 0 radical (unpaired) electrons. The van der Waals surface area contributed by atoms with Crippen LogP contribution in [-0.4, -0.2) is 50.6 Å². The highest BCUT2D eigenvalue weighted by Crippen LogP contribution is 2.24. The molecule has 1 saturated heterocycles. The largest absolute Gasteiger partial charge is 0.358 e. The van der Waals surface area contributed by atoms with E-state index in [2.05, 4.69) is 21.9 Å². The van der Waals surface area contributed by atoms with Gasteiger partial charge in [0.15, 0.2) is 5.11 Å². The molecule has 0 unspecified atom stereocenters.